The van der Waals surface area contributed by atoms with Crippen molar-refractivity contribution in [1.29, 1.82) is 0 Å². The first-order valence-electron chi connectivity index (χ1n) is 5.54. The molecule has 0 aliphatic carbocycles. The van der Waals surface area contributed by atoms with Gasteiger partial charge in [0.15, 0.2) is 0 Å². The first kappa shape index (κ1) is 13.3. The molecule has 2 aromatic rings. The Morgan fingerprint density at radius 2 is 1.80 bits per heavy atom. The molecule has 1 aromatic heterocycles. The highest BCUT2D eigenvalue weighted by molar-refractivity contribution is 6.05. The van der Waals surface area contributed by atoms with Gasteiger partial charge in [-0.15, -0.1) is 0 Å². The predicted octanol–water partition coefficient (Wildman–Crippen LogP) is 1.03. The number of amides is 1. The number of benzene rings is 1. The second kappa shape index (κ2) is 5.27. The summed E-state index contributed by atoms with van der Waals surface area (Å²) in [4.78, 5) is 35.8. The Bertz CT molecular complexity index is 715. The van der Waals surface area contributed by atoms with E-state index < -0.39 is 11.9 Å². The number of H-pyrrole nitrogens is 1. The first-order chi connectivity index (χ1) is 9.47. The van der Waals surface area contributed by atoms with Gasteiger partial charge in [-0.3, -0.25) is 9.59 Å². The van der Waals surface area contributed by atoms with Crippen LogP contribution < -0.4 is 10.9 Å². The molecule has 0 bridgehead atoms. The number of carbonyl (C=O) groups is 2. The number of pyridine rings is 1. The van der Waals surface area contributed by atoms with Gasteiger partial charge in [0.25, 0.3) is 5.91 Å². The molecular weight excluding hydrogens is 264 g/mol. The molecular formula is C13H10N2O5. The van der Waals surface area contributed by atoms with Crippen LogP contribution in [0.2, 0.25) is 0 Å². The zero-order valence-electron chi connectivity index (χ0n) is 10.1. The lowest BCUT2D eigenvalue weighted by Crippen LogP contribution is -2.14. The van der Waals surface area contributed by atoms with Gasteiger partial charge in [-0.05, 0) is 24.3 Å². The third kappa shape index (κ3) is 2.83. The Labute approximate surface area is 112 Å². The zero-order valence-corrected chi connectivity index (χ0v) is 10.1. The van der Waals surface area contributed by atoms with Gasteiger partial charge in [0.05, 0.1) is 16.8 Å². The maximum atomic E-state index is 11.8. The number of aromatic amines is 1. The molecule has 4 N–H and O–H groups in total. The van der Waals surface area contributed by atoms with Crippen molar-refractivity contribution < 1.29 is 19.8 Å². The predicted molar refractivity (Wildman–Crippen MR) is 70.1 cm³/mol. The smallest absolute Gasteiger partial charge is 0.335 e. The van der Waals surface area contributed by atoms with E-state index in [0.717, 1.165) is 6.07 Å². The zero-order chi connectivity index (χ0) is 14.7. The fourth-order valence-corrected chi connectivity index (χ4v) is 1.52. The molecule has 102 valence electrons. The topological polar surface area (TPSA) is 119 Å². The number of phenols is 1. The lowest BCUT2D eigenvalue weighted by atomic mass is 10.2. The highest BCUT2D eigenvalue weighted by atomic mass is 16.4. The van der Waals surface area contributed by atoms with Gasteiger partial charge >= 0.3 is 5.97 Å². The number of anilines is 1. The number of nitrogens with one attached hydrogen (secondary N) is 2. The molecule has 0 saturated carbocycles. The van der Waals surface area contributed by atoms with Crippen molar-refractivity contribution in [3.63, 3.8) is 0 Å². The van der Waals surface area contributed by atoms with Crippen LogP contribution in [0.1, 0.15) is 20.7 Å². The summed E-state index contributed by atoms with van der Waals surface area (Å²) in [5, 5.41) is 20.8. The number of carboxylic acid groups (broad SMARTS) is 1. The highest BCUT2D eigenvalue weighted by Crippen LogP contribution is 2.24. The molecule has 0 radical (unpaired) electrons. The monoisotopic (exact) mass is 274 g/mol. The average Bonchev–Trinajstić information content (AvgIpc) is 2.41. The highest BCUT2D eigenvalue weighted by Gasteiger charge is 2.11. The number of carbonyl (C=O) groups excluding carboxylic acids is 1. The van der Waals surface area contributed by atoms with E-state index in [9.17, 15) is 19.5 Å². The molecule has 1 heterocycles. The summed E-state index contributed by atoms with van der Waals surface area (Å²) < 4.78 is 0. The molecule has 0 saturated heterocycles. The second-order valence-corrected chi connectivity index (χ2v) is 3.93. The molecule has 0 fully saturated rings. The number of phenolic OH excluding ortho intramolecular Hbond substituents is 1. The van der Waals surface area contributed by atoms with Crippen molar-refractivity contribution in [2.24, 2.45) is 0 Å². The Balaban J connectivity index is 2.21. The van der Waals surface area contributed by atoms with Gasteiger partial charge in [0, 0.05) is 12.3 Å². The van der Waals surface area contributed by atoms with E-state index >= 15 is 0 Å². The number of hydrogen-bond donors (Lipinski definition) is 4. The number of rotatable bonds is 3. The standard InChI is InChI=1S/C13H10N2O5/c16-10-5-7(13(19)20)1-3-9(10)15-12(18)8-2-4-11(17)14-6-8/h1-6,16H,(H,14,17)(H,15,18)(H,19,20). The van der Waals surface area contributed by atoms with E-state index in [4.69, 9.17) is 5.11 Å². The van der Waals surface area contributed by atoms with Gasteiger partial charge in [0.2, 0.25) is 5.56 Å². The molecule has 7 nitrogen and oxygen atoms in total. The van der Waals surface area contributed by atoms with Gasteiger partial charge in [0.1, 0.15) is 5.75 Å². The van der Waals surface area contributed by atoms with Gasteiger partial charge in [-0.2, -0.15) is 0 Å². The van der Waals surface area contributed by atoms with E-state index in [1.165, 1.54) is 30.5 Å². The molecule has 2 rings (SSSR count). The minimum Gasteiger partial charge on any atom is -0.506 e. The maximum absolute atomic E-state index is 11.8. The van der Waals surface area contributed by atoms with Crippen LogP contribution in [-0.2, 0) is 0 Å². The average molecular weight is 274 g/mol. The van der Waals surface area contributed by atoms with Crippen LogP contribution in [0.4, 0.5) is 5.69 Å². The van der Waals surface area contributed by atoms with Crippen molar-refractivity contribution >= 4 is 17.6 Å². The molecule has 20 heavy (non-hydrogen) atoms. The van der Waals surface area contributed by atoms with Crippen molar-refractivity contribution in [3.05, 3.63) is 58.0 Å². The van der Waals surface area contributed by atoms with E-state index in [-0.39, 0.29) is 28.1 Å². The summed E-state index contributed by atoms with van der Waals surface area (Å²) in [5.74, 6) is -2.08. The number of hydrogen-bond acceptors (Lipinski definition) is 4. The molecule has 1 aromatic carbocycles. The number of aromatic hydroxyl groups is 1. The summed E-state index contributed by atoms with van der Waals surface area (Å²) in [5.41, 5.74) is -0.155. The largest absolute Gasteiger partial charge is 0.506 e. The van der Waals surface area contributed by atoms with Crippen molar-refractivity contribution in [1.82, 2.24) is 4.98 Å². The van der Waals surface area contributed by atoms with Crippen LogP contribution in [0.3, 0.4) is 0 Å². The Hall–Kier alpha value is -3.09. The fraction of sp³-hybridized carbons (Fsp3) is 0. The Kier molecular flexibility index (Phi) is 3.52. The second-order valence-electron chi connectivity index (χ2n) is 3.93. The normalized spacial score (nSPS) is 10.0. The van der Waals surface area contributed by atoms with Crippen molar-refractivity contribution in [2.75, 3.05) is 5.32 Å². The van der Waals surface area contributed by atoms with Crippen LogP contribution in [-0.4, -0.2) is 27.1 Å². The molecule has 7 heteroatoms. The summed E-state index contributed by atoms with van der Waals surface area (Å²) >= 11 is 0. The quantitative estimate of drug-likeness (QED) is 0.623. The third-order valence-corrected chi connectivity index (χ3v) is 2.54. The Morgan fingerprint density at radius 1 is 1.10 bits per heavy atom. The lowest BCUT2D eigenvalue weighted by molar-refractivity contribution is 0.0696. The first-order valence-corrected chi connectivity index (χ1v) is 5.54. The van der Waals surface area contributed by atoms with Crippen LogP contribution in [0.15, 0.2) is 41.3 Å². The van der Waals surface area contributed by atoms with Gasteiger partial charge in [-0.25, -0.2) is 4.79 Å². The number of aromatic carboxylic acids is 1. The minimum absolute atomic E-state index is 0.0752. The molecule has 0 spiro atoms. The molecule has 0 atom stereocenters. The van der Waals surface area contributed by atoms with E-state index in [0.29, 0.717) is 0 Å². The van der Waals surface area contributed by atoms with E-state index in [2.05, 4.69) is 10.3 Å². The summed E-state index contributed by atoms with van der Waals surface area (Å²) in [6, 6.07) is 6.09. The molecule has 0 unspecified atom stereocenters. The Morgan fingerprint density at radius 3 is 2.35 bits per heavy atom. The molecule has 0 aliphatic rings. The third-order valence-electron chi connectivity index (χ3n) is 2.54. The van der Waals surface area contributed by atoms with Crippen LogP contribution in [0.25, 0.3) is 0 Å². The van der Waals surface area contributed by atoms with Crippen LogP contribution >= 0.6 is 0 Å². The SMILES string of the molecule is O=C(O)c1ccc(NC(=O)c2ccc(=O)[nH]c2)c(O)c1. The van der Waals surface area contributed by atoms with E-state index in [1.807, 2.05) is 0 Å². The van der Waals surface area contributed by atoms with Crippen LogP contribution in [0, 0.1) is 0 Å². The number of aromatic nitrogens is 1. The summed E-state index contributed by atoms with van der Waals surface area (Å²) in [6.07, 6.45) is 1.24. The lowest BCUT2D eigenvalue weighted by Gasteiger charge is -2.07. The van der Waals surface area contributed by atoms with Gasteiger partial charge in [-0.1, -0.05) is 0 Å². The summed E-state index contributed by atoms with van der Waals surface area (Å²) in [7, 11) is 0. The minimum atomic E-state index is -1.18. The van der Waals surface area contributed by atoms with E-state index in [1.54, 1.807) is 0 Å². The molecule has 1 amide bonds. The number of carboxylic acids is 1. The maximum Gasteiger partial charge on any atom is 0.335 e. The molecule has 0 aliphatic heterocycles. The van der Waals surface area contributed by atoms with Gasteiger partial charge < -0.3 is 20.5 Å². The fourth-order valence-electron chi connectivity index (χ4n) is 1.52. The van der Waals surface area contributed by atoms with Crippen LogP contribution in [0.5, 0.6) is 5.75 Å². The van der Waals surface area contributed by atoms with Crippen molar-refractivity contribution in [2.45, 2.75) is 0 Å². The van der Waals surface area contributed by atoms with Crippen molar-refractivity contribution in [3.8, 4) is 5.75 Å². The summed E-state index contributed by atoms with van der Waals surface area (Å²) in [6.45, 7) is 0.